The van der Waals surface area contributed by atoms with Gasteiger partial charge in [-0.25, -0.2) is 22.0 Å². The second-order valence-electron chi connectivity index (χ2n) is 15.8. The second kappa shape index (κ2) is 14.5. The van der Waals surface area contributed by atoms with Gasteiger partial charge in [0.1, 0.15) is 39.1 Å². The number of fused-ring (bicyclic) bond motifs is 1. The van der Waals surface area contributed by atoms with E-state index in [0.29, 0.717) is 11.5 Å². The lowest BCUT2D eigenvalue weighted by Crippen LogP contribution is -2.48. The van der Waals surface area contributed by atoms with Crippen LogP contribution in [0.1, 0.15) is 141 Å². The van der Waals surface area contributed by atoms with Crippen molar-refractivity contribution in [2.75, 3.05) is 0 Å². The molecule has 10 nitrogen and oxygen atoms in total. The molecule has 6 atom stereocenters. The summed E-state index contributed by atoms with van der Waals surface area (Å²) in [5.41, 5.74) is 3.63. The minimum absolute atomic E-state index is 0.133. The van der Waals surface area contributed by atoms with Crippen LogP contribution < -0.4 is 4.74 Å². The normalized spacial score (nSPS) is 29.0. The van der Waals surface area contributed by atoms with Crippen molar-refractivity contribution >= 4 is 28.0 Å². The molecule has 8 rings (SSSR count). The molecule has 2 bridgehead atoms. The fraction of sp³-hybridized carbons (Fsp3) is 0.615. The van der Waals surface area contributed by atoms with E-state index in [1.807, 2.05) is 0 Å². The fourth-order valence-corrected chi connectivity index (χ4v) is 10.7. The Morgan fingerprint density at radius 1 is 0.704 bits per heavy atom. The van der Waals surface area contributed by atoms with Crippen LogP contribution >= 0.6 is 0 Å². The van der Waals surface area contributed by atoms with Crippen molar-refractivity contribution in [3.8, 4) is 5.75 Å². The lowest BCUT2D eigenvalue weighted by atomic mass is 9.73. The average Bonchev–Trinajstić information content (AvgIpc) is 3.80. The molecule has 6 unspecified atom stereocenters. The molecule has 54 heavy (non-hydrogen) atoms. The Morgan fingerprint density at radius 2 is 1.20 bits per heavy atom. The first-order valence-corrected chi connectivity index (χ1v) is 20.5. The molecule has 3 saturated heterocycles. The van der Waals surface area contributed by atoms with Gasteiger partial charge in [-0.15, -0.1) is 0 Å². The molecule has 3 aliphatic carbocycles. The third-order valence-corrected chi connectivity index (χ3v) is 13.5. The summed E-state index contributed by atoms with van der Waals surface area (Å²) in [5.74, 6) is -17.5. The Balaban J connectivity index is 1.13. The van der Waals surface area contributed by atoms with Gasteiger partial charge in [0, 0.05) is 0 Å². The van der Waals surface area contributed by atoms with E-state index in [-0.39, 0.29) is 11.8 Å². The quantitative estimate of drug-likeness (QED) is 0.0877. The van der Waals surface area contributed by atoms with E-state index in [2.05, 4.69) is 12.1 Å². The molecule has 0 amide bonds. The van der Waals surface area contributed by atoms with Crippen molar-refractivity contribution < 1.29 is 63.9 Å². The van der Waals surface area contributed by atoms with Crippen LogP contribution in [0.4, 0.5) is 17.6 Å². The maximum Gasteiger partial charge on any atom is 0.339 e. The fourth-order valence-electron chi connectivity index (χ4n) is 10.1. The van der Waals surface area contributed by atoms with Gasteiger partial charge in [0.2, 0.25) is 17.4 Å². The zero-order valence-corrected chi connectivity index (χ0v) is 30.3. The Bertz CT molecular complexity index is 1900. The Morgan fingerprint density at radius 3 is 1.70 bits per heavy atom. The summed E-state index contributed by atoms with van der Waals surface area (Å²) in [7, 11) is -6.01. The van der Waals surface area contributed by atoms with E-state index < -0.39 is 98.2 Å². The van der Waals surface area contributed by atoms with Crippen molar-refractivity contribution in [2.24, 2.45) is 11.8 Å². The summed E-state index contributed by atoms with van der Waals surface area (Å²) in [4.78, 5) is 38.9. The molecule has 15 heteroatoms. The van der Waals surface area contributed by atoms with E-state index in [9.17, 15) is 44.9 Å². The number of ether oxygens (including phenoxy) is 4. The monoisotopic (exact) mass is 777 g/mol. The van der Waals surface area contributed by atoms with Gasteiger partial charge in [0.05, 0.1) is 5.56 Å². The highest BCUT2D eigenvalue weighted by atomic mass is 32.2. The summed E-state index contributed by atoms with van der Waals surface area (Å²) < 4.78 is 115. The van der Waals surface area contributed by atoms with E-state index in [0.717, 1.165) is 101 Å². The molecule has 2 aromatic rings. The number of halogens is 4. The van der Waals surface area contributed by atoms with Gasteiger partial charge < -0.3 is 23.5 Å². The highest BCUT2D eigenvalue weighted by molar-refractivity contribution is 7.85. The molecule has 2 aromatic carbocycles. The van der Waals surface area contributed by atoms with Crippen molar-refractivity contribution in [1.29, 1.82) is 0 Å². The molecule has 6 fully saturated rings. The van der Waals surface area contributed by atoms with Crippen LogP contribution in [0.2, 0.25) is 0 Å². The lowest BCUT2D eigenvalue weighted by Gasteiger charge is -2.33. The number of benzene rings is 2. The molecular weight excluding hydrogens is 736 g/mol. The number of rotatable bonds is 8. The molecule has 292 valence electrons. The third-order valence-electron chi connectivity index (χ3n) is 12.6. The molecule has 0 N–H and O–H groups in total. The Labute approximate surface area is 310 Å². The van der Waals surface area contributed by atoms with Gasteiger partial charge in [0.15, 0.2) is 23.8 Å². The minimum atomic E-state index is -6.01. The summed E-state index contributed by atoms with van der Waals surface area (Å²) in [5, 5.41) is 0. The van der Waals surface area contributed by atoms with Crippen molar-refractivity contribution in [3.63, 3.8) is 0 Å². The molecule has 0 spiro atoms. The molecule has 0 aromatic heterocycles. The first-order valence-electron chi connectivity index (χ1n) is 19.1. The first-order chi connectivity index (χ1) is 25.8. The third kappa shape index (κ3) is 6.41. The number of hydrogen-bond acceptors (Lipinski definition) is 10. The van der Waals surface area contributed by atoms with Crippen molar-refractivity contribution in [2.45, 2.75) is 143 Å². The smallest absolute Gasteiger partial charge is 0.339 e. The highest BCUT2D eigenvalue weighted by Gasteiger charge is 2.72. The average molecular weight is 778 g/mol. The minimum Gasteiger partial charge on any atom is -0.744 e. The number of hydrogen-bond donors (Lipinski definition) is 0. The van der Waals surface area contributed by atoms with Crippen molar-refractivity contribution in [1.82, 2.24) is 0 Å². The van der Waals surface area contributed by atoms with Crippen LogP contribution in [-0.4, -0.2) is 55.3 Å². The summed E-state index contributed by atoms with van der Waals surface area (Å²) in [6.45, 7) is 0. The highest BCUT2D eigenvalue weighted by Crippen LogP contribution is 2.52. The van der Waals surface area contributed by atoms with E-state index in [4.69, 9.17) is 18.9 Å². The van der Waals surface area contributed by atoms with Crippen LogP contribution in [-0.2, 0) is 33.9 Å². The van der Waals surface area contributed by atoms with Gasteiger partial charge >= 0.3 is 17.9 Å². The summed E-state index contributed by atoms with van der Waals surface area (Å²) >= 11 is 0. The predicted molar refractivity (Wildman–Crippen MR) is 179 cm³/mol. The number of carbonyl (C=O) groups excluding carboxylic acids is 3. The van der Waals surface area contributed by atoms with Gasteiger partial charge in [0.25, 0.3) is 0 Å². The predicted octanol–water partition coefficient (Wildman–Crippen LogP) is 7.36. The molecule has 3 saturated carbocycles. The number of carbonyl (C=O) groups is 3. The van der Waals surface area contributed by atoms with Gasteiger partial charge in [-0.3, -0.25) is 9.59 Å². The van der Waals surface area contributed by atoms with E-state index in [1.165, 1.54) is 12.0 Å². The molecule has 6 aliphatic rings. The van der Waals surface area contributed by atoms with Gasteiger partial charge in [-0.2, -0.15) is 8.78 Å². The van der Waals surface area contributed by atoms with Crippen LogP contribution in [0, 0.1) is 35.1 Å². The lowest BCUT2D eigenvalue weighted by molar-refractivity contribution is -0.150. The molecular formula is C39H41F4O10S-. The van der Waals surface area contributed by atoms with E-state index in [1.54, 1.807) is 0 Å². The number of esters is 3. The van der Waals surface area contributed by atoms with Gasteiger partial charge in [-0.05, 0) is 73.0 Å². The zero-order chi connectivity index (χ0) is 38.1. The van der Waals surface area contributed by atoms with Crippen LogP contribution in [0.5, 0.6) is 5.75 Å². The summed E-state index contributed by atoms with van der Waals surface area (Å²) in [6.07, 6.45) is 10.7. The summed E-state index contributed by atoms with van der Waals surface area (Å²) in [6, 6.07) is 4.39. The Hall–Kier alpha value is -3.56. The largest absolute Gasteiger partial charge is 0.744 e. The van der Waals surface area contributed by atoms with Crippen LogP contribution in [0.25, 0.3) is 0 Å². The first kappa shape index (κ1) is 37.4. The van der Waals surface area contributed by atoms with Crippen molar-refractivity contribution in [3.05, 3.63) is 57.7 Å². The van der Waals surface area contributed by atoms with E-state index >= 15 is 0 Å². The standard InChI is InChI=1S/C39H42F4O10S/c40-27-29(42)36(54(47,48)49)30(43)28(41)33(27)51-38(45)25-26-32-35(53-39(26)46)34(31(25)50-32)52-37(44)24-22(19-12-6-2-7-13-19)16-21(18-10-4-1-5-11-18)17-23(24)20-14-8-3-9-15-20/h16-20,25-26,31-32,34-35H,1-15H2,(H,47,48,49)/p-1. The maximum absolute atomic E-state index is 14.8. The topological polar surface area (TPSA) is 145 Å². The van der Waals surface area contributed by atoms with Crippen LogP contribution in [0.15, 0.2) is 17.0 Å². The van der Waals surface area contributed by atoms with Crippen LogP contribution in [0.3, 0.4) is 0 Å². The second-order valence-corrected chi connectivity index (χ2v) is 17.1. The van der Waals surface area contributed by atoms with Gasteiger partial charge in [-0.1, -0.05) is 69.9 Å². The maximum atomic E-state index is 14.8. The zero-order valence-electron chi connectivity index (χ0n) is 29.5. The molecule has 0 radical (unpaired) electrons. The molecule has 3 aliphatic heterocycles. The SMILES string of the molecule is O=C(OC1C2OC(=O)C3C2OC1C3C(=O)Oc1c(F)c(F)c(S(=O)(=O)[O-])c(F)c1F)c1c(C2CCCCC2)cc(C2CCCCC2)cc1C1CCCCC1. The Kier molecular flexibility index (Phi) is 10.0. The molecule has 3 heterocycles.